The molecule has 0 aliphatic heterocycles. The number of Topliss-reactive ketones (excluding diaryl/α,β-unsaturated/α-hetero) is 1. The van der Waals surface area contributed by atoms with Crippen LogP contribution in [0.25, 0.3) is 0 Å². The first-order chi connectivity index (χ1) is 8.03. The first-order valence-electron chi connectivity index (χ1n) is 6.23. The highest BCUT2D eigenvalue weighted by atomic mass is 16.3. The topological polar surface area (TPSA) is 37.3 Å². The van der Waals surface area contributed by atoms with Crippen LogP contribution in [0.1, 0.15) is 53.6 Å². The van der Waals surface area contributed by atoms with Crippen molar-refractivity contribution in [2.75, 3.05) is 0 Å². The molecule has 2 nitrogen and oxygen atoms in total. The molecule has 0 bridgehead atoms. The lowest BCUT2D eigenvalue weighted by Crippen LogP contribution is -2.40. The molecular weight excluding hydrogens is 212 g/mol. The van der Waals surface area contributed by atoms with Crippen LogP contribution in [0.4, 0.5) is 0 Å². The first-order valence-corrected chi connectivity index (χ1v) is 6.23. The molecule has 1 aromatic rings. The summed E-state index contributed by atoms with van der Waals surface area (Å²) in [6, 6.07) is 5.44. The predicted molar refractivity (Wildman–Crippen MR) is 68.0 cm³/mol. The van der Waals surface area contributed by atoms with E-state index in [1.54, 1.807) is 6.07 Å². The molecule has 0 amide bonds. The third kappa shape index (κ3) is 2.42. The van der Waals surface area contributed by atoms with Gasteiger partial charge in [0.05, 0.1) is 0 Å². The van der Waals surface area contributed by atoms with E-state index in [-0.39, 0.29) is 5.78 Å². The third-order valence-electron chi connectivity index (χ3n) is 3.71. The fourth-order valence-corrected chi connectivity index (χ4v) is 2.47. The van der Waals surface area contributed by atoms with Gasteiger partial charge in [-0.2, -0.15) is 0 Å². The van der Waals surface area contributed by atoms with Crippen molar-refractivity contribution in [1.29, 1.82) is 0 Å². The second-order valence-electron chi connectivity index (χ2n) is 5.06. The minimum Gasteiger partial charge on any atom is -0.382 e. The number of hydrogen-bond donors (Lipinski definition) is 1. The van der Waals surface area contributed by atoms with Gasteiger partial charge in [0.2, 0.25) is 0 Å². The van der Waals surface area contributed by atoms with Crippen molar-refractivity contribution >= 4 is 5.78 Å². The van der Waals surface area contributed by atoms with E-state index >= 15 is 0 Å². The summed E-state index contributed by atoms with van der Waals surface area (Å²) in [5.74, 6) is -0.125. The van der Waals surface area contributed by atoms with E-state index in [0.717, 1.165) is 30.4 Å². The number of carbonyl (C=O) groups excluding carboxylic acids is 1. The summed E-state index contributed by atoms with van der Waals surface area (Å²) in [6.45, 7) is 5.81. The zero-order chi connectivity index (χ0) is 12.5. The van der Waals surface area contributed by atoms with Crippen LogP contribution >= 0.6 is 0 Å². The SMILES string of the molecule is [CH2]c1ccc(C(=O)C2(O)CCCCC2)cc1C. The van der Waals surface area contributed by atoms with Gasteiger partial charge in [0.25, 0.3) is 0 Å². The number of aryl methyl sites for hydroxylation is 1. The van der Waals surface area contributed by atoms with Crippen molar-refractivity contribution in [2.24, 2.45) is 0 Å². The first kappa shape index (κ1) is 12.3. The number of hydrogen-bond acceptors (Lipinski definition) is 2. The van der Waals surface area contributed by atoms with E-state index in [4.69, 9.17) is 0 Å². The zero-order valence-corrected chi connectivity index (χ0v) is 10.3. The second kappa shape index (κ2) is 4.61. The monoisotopic (exact) mass is 231 g/mol. The van der Waals surface area contributed by atoms with Crippen LogP contribution in [0.2, 0.25) is 0 Å². The Morgan fingerprint density at radius 1 is 1.29 bits per heavy atom. The summed E-state index contributed by atoms with van der Waals surface area (Å²) >= 11 is 0. The quantitative estimate of drug-likeness (QED) is 0.794. The number of ketones is 1. The Bertz CT molecular complexity index is 429. The van der Waals surface area contributed by atoms with Gasteiger partial charge in [-0.25, -0.2) is 0 Å². The maximum Gasteiger partial charge on any atom is 0.194 e. The van der Waals surface area contributed by atoms with Crippen molar-refractivity contribution in [3.05, 3.63) is 41.8 Å². The highest BCUT2D eigenvalue weighted by Crippen LogP contribution is 2.31. The molecule has 2 rings (SSSR count). The third-order valence-corrected chi connectivity index (χ3v) is 3.71. The van der Waals surface area contributed by atoms with Gasteiger partial charge in [-0.3, -0.25) is 4.79 Å². The molecule has 0 saturated heterocycles. The Morgan fingerprint density at radius 2 is 1.94 bits per heavy atom. The Labute approximate surface area is 103 Å². The normalized spacial score (nSPS) is 19.0. The molecule has 17 heavy (non-hydrogen) atoms. The number of rotatable bonds is 2. The van der Waals surface area contributed by atoms with Crippen LogP contribution in [0, 0.1) is 13.8 Å². The lowest BCUT2D eigenvalue weighted by atomic mass is 9.79. The van der Waals surface area contributed by atoms with Crippen LogP contribution in [0.3, 0.4) is 0 Å². The fraction of sp³-hybridized carbons (Fsp3) is 0.467. The van der Waals surface area contributed by atoms with Gasteiger partial charge in [0, 0.05) is 5.56 Å². The number of carbonyl (C=O) groups is 1. The van der Waals surface area contributed by atoms with Crippen molar-refractivity contribution < 1.29 is 9.90 Å². The van der Waals surface area contributed by atoms with Gasteiger partial charge < -0.3 is 5.11 Å². The summed E-state index contributed by atoms with van der Waals surface area (Å²) in [4.78, 5) is 12.3. The second-order valence-corrected chi connectivity index (χ2v) is 5.06. The fourth-order valence-electron chi connectivity index (χ4n) is 2.47. The van der Waals surface area contributed by atoms with Crippen LogP contribution in [-0.4, -0.2) is 16.5 Å². The van der Waals surface area contributed by atoms with E-state index in [2.05, 4.69) is 6.92 Å². The van der Waals surface area contributed by atoms with E-state index in [0.29, 0.717) is 18.4 Å². The van der Waals surface area contributed by atoms with Crippen molar-refractivity contribution in [3.8, 4) is 0 Å². The molecule has 0 unspecified atom stereocenters. The summed E-state index contributed by atoms with van der Waals surface area (Å²) in [6.07, 6.45) is 4.18. The lowest BCUT2D eigenvalue weighted by Gasteiger charge is -2.30. The van der Waals surface area contributed by atoms with Gasteiger partial charge in [0.1, 0.15) is 5.60 Å². The van der Waals surface area contributed by atoms with Crippen molar-refractivity contribution in [2.45, 2.75) is 44.6 Å². The molecule has 1 aromatic carbocycles. The molecule has 0 aromatic heterocycles. The molecular formula is C15H19O2. The Balaban J connectivity index is 2.26. The molecule has 1 aliphatic carbocycles. The smallest absolute Gasteiger partial charge is 0.194 e. The Kier molecular flexibility index (Phi) is 3.34. The molecule has 1 radical (unpaired) electrons. The maximum absolute atomic E-state index is 12.3. The highest BCUT2D eigenvalue weighted by molar-refractivity contribution is 6.02. The van der Waals surface area contributed by atoms with Crippen molar-refractivity contribution in [1.82, 2.24) is 0 Å². The molecule has 1 saturated carbocycles. The molecule has 1 fully saturated rings. The molecule has 0 atom stereocenters. The molecule has 2 heteroatoms. The molecule has 0 heterocycles. The van der Waals surface area contributed by atoms with Gasteiger partial charge in [-0.15, -0.1) is 0 Å². The summed E-state index contributed by atoms with van der Waals surface area (Å²) < 4.78 is 0. The minimum absolute atomic E-state index is 0.125. The number of benzene rings is 1. The largest absolute Gasteiger partial charge is 0.382 e. The van der Waals surface area contributed by atoms with E-state index in [1.165, 1.54) is 0 Å². The van der Waals surface area contributed by atoms with Crippen LogP contribution < -0.4 is 0 Å². The Hall–Kier alpha value is -1.15. The molecule has 91 valence electrons. The van der Waals surface area contributed by atoms with Crippen molar-refractivity contribution in [3.63, 3.8) is 0 Å². The summed E-state index contributed by atoms with van der Waals surface area (Å²) in [5.41, 5.74) is 1.40. The molecule has 1 N–H and O–H groups in total. The average molecular weight is 231 g/mol. The standard InChI is InChI=1S/C15H19O2/c1-11-6-7-13(10-12(11)2)14(16)15(17)8-4-3-5-9-15/h6-7,10,17H,1,3-5,8-9H2,2H3. The highest BCUT2D eigenvalue weighted by Gasteiger charge is 2.37. The lowest BCUT2D eigenvalue weighted by molar-refractivity contribution is 0.0116. The predicted octanol–water partition coefficient (Wildman–Crippen LogP) is 3.06. The van der Waals surface area contributed by atoms with Gasteiger partial charge in [-0.05, 0) is 43.9 Å². The van der Waals surface area contributed by atoms with Crippen LogP contribution in [-0.2, 0) is 0 Å². The molecule has 1 aliphatic rings. The van der Waals surface area contributed by atoms with Crippen LogP contribution in [0.15, 0.2) is 18.2 Å². The average Bonchev–Trinajstić information content (AvgIpc) is 2.33. The van der Waals surface area contributed by atoms with Gasteiger partial charge in [-0.1, -0.05) is 31.4 Å². The summed E-state index contributed by atoms with van der Waals surface area (Å²) in [7, 11) is 0. The van der Waals surface area contributed by atoms with E-state index in [9.17, 15) is 9.90 Å². The Morgan fingerprint density at radius 3 is 2.53 bits per heavy atom. The molecule has 0 spiro atoms. The maximum atomic E-state index is 12.3. The van der Waals surface area contributed by atoms with Crippen LogP contribution in [0.5, 0.6) is 0 Å². The van der Waals surface area contributed by atoms with Gasteiger partial charge >= 0.3 is 0 Å². The van der Waals surface area contributed by atoms with E-state index in [1.807, 2.05) is 19.1 Å². The zero-order valence-electron chi connectivity index (χ0n) is 10.3. The number of aliphatic hydroxyl groups is 1. The van der Waals surface area contributed by atoms with Gasteiger partial charge in [0.15, 0.2) is 5.78 Å². The van der Waals surface area contributed by atoms with E-state index < -0.39 is 5.60 Å². The minimum atomic E-state index is -1.13. The summed E-state index contributed by atoms with van der Waals surface area (Å²) in [5, 5.41) is 10.4.